The van der Waals surface area contributed by atoms with Gasteiger partial charge in [0.1, 0.15) is 98.9 Å². The molecule has 2 aromatic carbocycles. The van der Waals surface area contributed by atoms with Gasteiger partial charge in [-0.3, -0.25) is 19.2 Å². The first-order valence-corrected chi connectivity index (χ1v) is 45.4. The third kappa shape index (κ3) is 49.2. The standard InChI is InChI=1S/2C31H54O8.2C16H14F3N5O/c2*1-3-5-7-9-11-13-15-17-19-21-29(34)37-25-27(39-31(36)24-23-28(32)33)26-38-30(35)22-20-18-16-14-12-10-8-6-4-2;2*1-10(15-14(19)5-20-7-22-15)16(25,6-24-9-21-8-23-24)12-3-2-11(17)4-13(12)18/h2*23-24,27H,3-22,25-26H2,1-2H3,(H,32,33);2*2-5,7-10,25H,6H2,1H3/p-1/b2*24-23+;;/t;;2*10-,16+/m..00/s1. The van der Waals surface area contributed by atoms with Crippen LogP contribution < -0.4 is 5.11 Å². The minimum Gasteiger partial charge on any atom is -0.545 e. The number of carboxylic acids is 2. The summed E-state index contributed by atoms with van der Waals surface area (Å²) >= 11 is 0. The maximum atomic E-state index is 14.4. The fourth-order valence-corrected chi connectivity index (χ4v) is 13.7. The molecule has 4 heterocycles. The van der Waals surface area contributed by atoms with E-state index in [0.717, 1.165) is 132 Å². The fourth-order valence-electron chi connectivity index (χ4n) is 13.7. The van der Waals surface area contributed by atoms with E-state index in [9.17, 15) is 80.0 Å². The topological polar surface area (TPSA) is 389 Å². The highest BCUT2D eigenvalue weighted by atomic mass is 19.2. The van der Waals surface area contributed by atoms with Gasteiger partial charge in [-0.05, 0) is 43.9 Å². The summed E-state index contributed by atoms with van der Waals surface area (Å²) in [6.45, 7) is 10.3. The van der Waals surface area contributed by atoms with Crippen LogP contribution in [-0.4, -0.2) is 151 Å². The second kappa shape index (κ2) is 67.8. The van der Waals surface area contributed by atoms with Crippen LogP contribution in [0.2, 0.25) is 0 Å². The predicted molar refractivity (Wildman–Crippen MR) is 463 cm³/mol. The van der Waals surface area contributed by atoms with Gasteiger partial charge in [-0.15, -0.1) is 0 Å². The van der Waals surface area contributed by atoms with Crippen molar-refractivity contribution >= 4 is 47.8 Å². The lowest BCUT2D eigenvalue weighted by Gasteiger charge is -2.34. The van der Waals surface area contributed by atoms with Crippen molar-refractivity contribution in [2.45, 2.75) is 347 Å². The highest BCUT2D eigenvalue weighted by Crippen LogP contribution is 2.41. The van der Waals surface area contributed by atoms with E-state index >= 15 is 0 Å². The van der Waals surface area contributed by atoms with E-state index in [2.05, 4.69) is 67.8 Å². The van der Waals surface area contributed by atoms with Crippen molar-refractivity contribution in [3.8, 4) is 0 Å². The Morgan fingerprint density at radius 3 is 0.922 bits per heavy atom. The molecular formula is C94H135F6N10O18-. The summed E-state index contributed by atoms with van der Waals surface area (Å²) in [6.07, 6.45) is 52.0. The maximum absolute atomic E-state index is 14.4. The number of rotatable bonds is 64. The van der Waals surface area contributed by atoms with E-state index in [-0.39, 0.29) is 87.7 Å². The monoisotopic (exact) mass is 1810 g/mol. The molecule has 34 heteroatoms. The smallest absolute Gasteiger partial charge is 0.331 e. The van der Waals surface area contributed by atoms with Gasteiger partial charge in [0.05, 0.1) is 42.8 Å². The number of aliphatic hydroxyl groups is 2. The number of aromatic nitrogens is 10. The normalized spacial score (nSPS) is 12.6. The van der Waals surface area contributed by atoms with Crippen molar-refractivity contribution in [2.24, 2.45) is 0 Å². The Bertz CT molecular complexity index is 3820. The molecule has 128 heavy (non-hydrogen) atoms. The quantitative estimate of drug-likeness (QED) is 0.0105. The summed E-state index contributed by atoms with van der Waals surface area (Å²) in [6, 6.07) is 5.60. The van der Waals surface area contributed by atoms with Crippen molar-refractivity contribution < 1.29 is 114 Å². The first-order valence-electron chi connectivity index (χ1n) is 45.4. The first kappa shape index (κ1) is 112. The second-order valence-corrected chi connectivity index (χ2v) is 31.7. The van der Waals surface area contributed by atoms with Crippen molar-refractivity contribution in [3.63, 3.8) is 0 Å². The van der Waals surface area contributed by atoms with Crippen LogP contribution in [0.4, 0.5) is 26.3 Å². The second-order valence-electron chi connectivity index (χ2n) is 31.7. The zero-order valence-corrected chi connectivity index (χ0v) is 75.4. The molecule has 0 amide bonds. The van der Waals surface area contributed by atoms with E-state index in [4.69, 9.17) is 33.5 Å². The SMILES string of the molecule is CCCCCCCCCCCC(=O)OCC(COC(=O)CCCCCCCCCCC)OC(=O)/C=C/C(=O)O.CCCCCCCCCCCC(=O)OCC(COC(=O)CCCCCCCCCCC)OC(=O)/C=C/C(=O)[O-].C[C@@H](c1ncncc1F)[C@](O)(Cn1cncn1)c1ccc(F)cc1F.C[C@@H](c1ncncc1F)[C@](O)(Cn1cncn1)c1ccc(F)cc1F. The van der Waals surface area contributed by atoms with Crippen LogP contribution in [0, 0.1) is 34.9 Å². The average molecular weight is 1810 g/mol. The molecule has 0 bridgehead atoms. The number of benzene rings is 2. The highest BCUT2D eigenvalue weighted by Gasteiger charge is 2.43. The average Bonchev–Trinajstić information content (AvgIpc) is 1.05. The predicted octanol–water partition coefficient (Wildman–Crippen LogP) is 18.0. The molecule has 4 atom stereocenters. The molecule has 6 aromatic rings. The summed E-state index contributed by atoms with van der Waals surface area (Å²) < 4.78 is 117. The number of hydrogen-bond acceptors (Lipinski definition) is 25. The minimum atomic E-state index is -1.96. The van der Waals surface area contributed by atoms with Crippen molar-refractivity contribution in [1.29, 1.82) is 0 Å². The molecule has 6 rings (SSSR count). The summed E-state index contributed by atoms with van der Waals surface area (Å²) in [4.78, 5) is 116. The van der Waals surface area contributed by atoms with E-state index in [1.165, 1.54) is 203 Å². The molecule has 0 unspecified atom stereocenters. The van der Waals surface area contributed by atoms with Gasteiger partial charge in [-0.25, -0.2) is 80.0 Å². The molecule has 3 N–H and O–H groups in total. The van der Waals surface area contributed by atoms with Crippen molar-refractivity contribution in [2.75, 3.05) is 26.4 Å². The summed E-state index contributed by atoms with van der Waals surface area (Å²) in [5.41, 5.74) is -4.51. The van der Waals surface area contributed by atoms with E-state index in [1.807, 2.05) is 0 Å². The molecule has 0 aliphatic heterocycles. The molecule has 28 nitrogen and oxygen atoms in total. The molecule has 0 spiro atoms. The van der Waals surface area contributed by atoms with E-state index in [1.54, 1.807) is 0 Å². The lowest BCUT2D eigenvalue weighted by molar-refractivity contribution is -0.297. The van der Waals surface area contributed by atoms with Gasteiger partial charge in [0.2, 0.25) is 0 Å². The molecular weight excluding hydrogens is 1670 g/mol. The molecule has 0 saturated carbocycles. The number of hydrogen-bond donors (Lipinski definition) is 3. The Hall–Kier alpha value is -10.4. The van der Waals surface area contributed by atoms with Crippen LogP contribution in [0.25, 0.3) is 0 Å². The molecule has 712 valence electrons. The summed E-state index contributed by atoms with van der Waals surface area (Å²) in [7, 11) is 0. The first-order chi connectivity index (χ1) is 61.6. The number of aliphatic carboxylic acids is 2. The van der Waals surface area contributed by atoms with Gasteiger partial charge < -0.3 is 53.6 Å². The van der Waals surface area contributed by atoms with Crippen molar-refractivity contribution in [3.05, 3.63) is 168 Å². The highest BCUT2D eigenvalue weighted by molar-refractivity contribution is 5.91. The Labute approximate surface area is 749 Å². The summed E-state index contributed by atoms with van der Waals surface area (Å²) in [5.74, 6) is -13.3. The fraction of sp³-hybridized carbons (Fsp3) is 0.617. The number of nitrogens with zero attached hydrogens (tertiary/aromatic N) is 10. The Kier molecular flexibility index (Phi) is 59.2. The van der Waals surface area contributed by atoms with E-state index < -0.39 is 118 Å². The van der Waals surface area contributed by atoms with E-state index in [0.29, 0.717) is 30.4 Å². The van der Waals surface area contributed by atoms with Crippen molar-refractivity contribution in [1.82, 2.24) is 49.5 Å². The Balaban J connectivity index is 0.000000448. The lowest BCUT2D eigenvalue weighted by Crippen LogP contribution is -2.39. The number of esters is 6. The van der Waals surface area contributed by atoms with Gasteiger partial charge >= 0.3 is 41.8 Å². The Morgan fingerprint density at radius 1 is 0.391 bits per heavy atom. The minimum absolute atomic E-state index is 0.0960. The maximum Gasteiger partial charge on any atom is 0.331 e. The molecule has 0 saturated heterocycles. The van der Waals surface area contributed by atoms with Gasteiger partial charge in [0.25, 0.3) is 0 Å². The number of halogens is 6. The molecule has 4 aromatic heterocycles. The molecule has 0 aliphatic carbocycles. The Morgan fingerprint density at radius 2 is 0.672 bits per heavy atom. The molecule has 0 fully saturated rings. The third-order valence-corrected chi connectivity index (χ3v) is 21.1. The zero-order valence-electron chi connectivity index (χ0n) is 75.4. The van der Waals surface area contributed by atoms with Crippen LogP contribution in [0.3, 0.4) is 0 Å². The largest absolute Gasteiger partial charge is 0.545 e. The number of carboxylic acid groups (broad SMARTS) is 2. The molecule has 0 aliphatic rings. The van der Waals surface area contributed by atoms with Crippen LogP contribution >= 0.6 is 0 Å². The molecule has 0 radical (unpaired) electrons. The van der Waals surface area contributed by atoms with Gasteiger partial charge in [0.15, 0.2) is 23.8 Å². The number of ether oxygens (including phenoxy) is 6. The lowest BCUT2D eigenvalue weighted by atomic mass is 9.79. The third-order valence-electron chi connectivity index (χ3n) is 21.1. The van der Waals surface area contributed by atoms with Crippen LogP contribution in [0.5, 0.6) is 0 Å². The summed E-state index contributed by atoms with van der Waals surface area (Å²) in [5, 5.41) is 49.6. The number of carbonyl (C=O) groups excluding carboxylic acids is 7. The number of carbonyl (C=O) groups is 8. The van der Waals surface area contributed by atoms with Crippen LogP contribution in [-0.2, 0) is 91.1 Å². The zero-order chi connectivity index (χ0) is 94.0. The van der Waals surface area contributed by atoms with Gasteiger partial charge in [-0.2, -0.15) is 10.2 Å². The van der Waals surface area contributed by atoms with Gasteiger partial charge in [0, 0.05) is 79.0 Å². The van der Waals surface area contributed by atoms with Crippen LogP contribution in [0.1, 0.15) is 333 Å². The van der Waals surface area contributed by atoms with Crippen LogP contribution in [0.15, 0.2) is 111 Å². The van der Waals surface area contributed by atoms with Gasteiger partial charge in [-0.1, -0.05) is 259 Å². The number of unbranched alkanes of at least 4 members (excludes halogenated alkanes) is 32.